The van der Waals surface area contributed by atoms with E-state index in [4.69, 9.17) is 9.84 Å². The van der Waals surface area contributed by atoms with Crippen molar-refractivity contribution in [2.45, 2.75) is 45.1 Å². The van der Waals surface area contributed by atoms with Crippen molar-refractivity contribution in [2.24, 2.45) is 0 Å². The zero-order valence-corrected chi connectivity index (χ0v) is 16.7. The third-order valence-electron chi connectivity index (χ3n) is 5.10. The summed E-state index contributed by atoms with van der Waals surface area (Å²) in [5.74, 6) is -0.0792. The molecule has 1 heterocycles. The number of carboxylic acids is 1. The van der Waals surface area contributed by atoms with E-state index in [2.05, 4.69) is 0 Å². The quantitative estimate of drug-likeness (QED) is 0.515. The Morgan fingerprint density at radius 1 is 1.25 bits per heavy atom. The molecule has 1 unspecified atom stereocenters. The fraction of sp³-hybridized carbons (Fsp3) is 0.571. The summed E-state index contributed by atoms with van der Waals surface area (Å²) in [5, 5.41) is 8.94. The lowest BCUT2D eigenvalue weighted by molar-refractivity contribution is -0.138. The largest absolute Gasteiger partial charge is 0.494 e. The van der Waals surface area contributed by atoms with Gasteiger partial charge in [-0.2, -0.15) is 0 Å². The second kappa shape index (κ2) is 10.8. The maximum absolute atomic E-state index is 12.5. The molecule has 1 aromatic rings. The van der Waals surface area contributed by atoms with Gasteiger partial charge in [-0.25, -0.2) is 0 Å². The molecule has 1 aliphatic heterocycles. The van der Waals surface area contributed by atoms with Crippen LogP contribution in [0.1, 0.15) is 49.4 Å². The number of hydrogen-bond donors (Lipinski definition) is 1. The Morgan fingerprint density at radius 3 is 2.75 bits per heavy atom. The molecule has 1 atom stereocenters. The maximum atomic E-state index is 12.5. The van der Waals surface area contributed by atoms with Gasteiger partial charge in [-0.05, 0) is 51.8 Å². The summed E-state index contributed by atoms with van der Waals surface area (Å²) in [6.07, 6.45) is 3.62. The zero-order valence-electron chi connectivity index (χ0n) is 16.7. The summed E-state index contributed by atoms with van der Waals surface area (Å²) in [6.45, 7) is 3.35. The number of amides is 1. The van der Waals surface area contributed by atoms with Gasteiger partial charge in [-0.1, -0.05) is 12.1 Å². The maximum Gasteiger partial charge on any atom is 0.317 e. The van der Waals surface area contributed by atoms with Gasteiger partial charge < -0.3 is 14.7 Å². The van der Waals surface area contributed by atoms with Crippen LogP contribution in [0.25, 0.3) is 0 Å². The van der Waals surface area contributed by atoms with Crippen LogP contribution in [0.2, 0.25) is 0 Å². The van der Waals surface area contributed by atoms with E-state index >= 15 is 0 Å². The summed E-state index contributed by atoms with van der Waals surface area (Å²) in [7, 11) is 1.83. The van der Waals surface area contributed by atoms with Gasteiger partial charge in [0, 0.05) is 31.1 Å². The number of likely N-dealkylation sites (tertiary alicyclic amines) is 1. The lowest BCUT2D eigenvalue weighted by Crippen LogP contribution is -2.37. The number of rotatable bonds is 9. The molecule has 1 fully saturated rings. The van der Waals surface area contributed by atoms with Crippen LogP contribution in [0, 0.1) is 0 Å². The van der Waals surface area contributed by atoms with Crippen molar-refractivity contribution >= 4 is 17.7 Å². The number of ether oxygens (including phenoxy) is 1. The first-order chi connectivity index (χ1) is 13.4. The van der Waals surface area contributed by atoms with Crippen molar-refractivity contribution in [1.82, 2.24) is 9.80 Å². The molecule has 1 saturated heterocycles. The van der Waals surface area contributed by atoms with Gasteiger partial charge in [0.05, 0.1) is 13.2 Å². The van der Waals surface area contributed by atoms with Crippen LogP contribution in [-0.2, 0) is 9.59 Å². The van der Waals surface area contributed by atoms with E-state index < -0.39 is 5.97 Å². The Bertz CT molecular complexity index is 691. The number of Topliss-reactive ketones (excluding diaryl/α,β-unsaturated/α-hetero) is 1. The van der Waals surface area contributed by atoms with Crippen LogP contribution in [0.5, 0.6) is 5.75 Å². The zero-order chi connectivity index (χ0) is 20.5. The smallest absolute Gasteiger partial charge is 0.317 e. The monoisotopic (exact) mass is 390 g/mol. The summed E-state index contributed by atoms with van der Waals surface area (Å²) < 4.78 is 5.66. The Labute approximate surface area is 166 Å². The van der Waals surface area contributed by atoms with Gasteiger partial charge >= 0.3 is 5.97 Å². The molecule has 1 aromatic carbocycles. The number of nitrogens with zero attached hydrogens (tertiary/aromatic N) is 2. The van der Waals surface area contributed by atoms with E-state index in [-0.39, 0.29) is 24.3 Å². The van der Waals surface area contributed by atoms with E-state index in [0.717, 1.165) is 25.8 Å². The summed E-state index contributed by atoms with van der Waals surface area (Å²) >= 11 is 0. The average Bonchev–Trinajstić information content (AvgIpc) is 2.91. The van der Waals surface area contributed by atoms with Gasteiger partial charge in [0.25, 0.3) is 0 Å². The van der Waals surface area contributed by atoms with Crippen LogP contribution < -0.4 is 4.74 Å². The summed E-state index contributed by atoms with van der Waals surface area (Å²) in [6, 6.07) is 7.25. The van der Waals surface area contributed by atoms with Gasteiger partial charge in [0.2, 0.25) is 5.91 Å². The molecule has 0 bridgehead atoms. The van der Waals surface area contributed by atoms with Crippen molar-refractivity contribution < 1.29 is 24.2 Å². The number of aliphatic carboxylic acids is 1. The molecule has 0 saturated carbocycles. The first-order valence-corrected chi connectivity index (χ1v) is 9.80. The van der Waals surface area contributed by atoms with Gasteiger partial charge in [0.15, 0.2) is 5.78 Å². The Morgan fingerprint density at radius 2 is 2.04 bits per heavy atom. The number of carbonyl (C=O) groups is 3. The number of carbonyl (C=O) groups excluding carboxylic acids is 2. The first-order valence-electron chi connectivity index (χ1n) is 9.80. The number of carboxylic acid groups (broad SMARTS) is 1. The number of likely N-dealkylation sites (N-methyl/N-ethyl adjacent to an activating group) is 1. The minimum atomic E-state index is -0.825. The van der Waals surface area contributed by atoms with Crippen molar-refractivity contribution in [2.75, 3.05) is 33.3 Å². The van der Waals surface area contributed by atoms with Gasteiger partial charge in [-0.15, -0.1) is 0 Å². The highest BCUT2D eigenvalue weighted by Gasteiger charge is 2.23. The van der Waals surface area contributed by atoms with Crippen LogP contribution in [0.4, 0.5) is 0 Å². The fourth-order valence-corrected chi connectivity index (χ4v) is 3.49. The highest BCUT2D eigenvalue weighted by atomic mass is 16.5. The highest BCUT2D eigenvalue weighted by Crippen LogP contribution is 2.17. The minimum Gasteiger partial charge on any atom is -0.494 e. The van der Waals surface area contributed by atoms with Crippen molar-refractivity contribution in [3.05, 3.63) is 29.8 Å². The topological polar surface area (TPSA) is 87.2 Å². The SMILES string of the molecule is CC(=O)c1cccc(OCCCC(=O)N2CCCC(N(C)CC(=O)O)CC2)c1. The Hall–Kier alpha value is -2.41. The van der Waals surface area contributed by atoms with E-state index in [0.29, 0.717) is 37.3 Å². The molecule has 28 heavy (non-hydrogen) atoms. The Balaban J connectivity index is 1.72. The second-order valence-corrected chi connectivity index (χ2v) is 7.31. The lowest BCUT2D eigenvalue weighted by atomic mass is 10.1. The predicted octanol–water partition coefficient (Wildman–Crippen LogP) is 2.45. The van der Waals surface area contributed by atoms with Crippen LogP contribution >= 0.6 is 0 Å². The molecule has 0 aliphatic carbocycles. The van der Waals surface area contributed by atoms with E-state index in [1.807, 2.05) is 16.8 Å². The molecule has 1 N–H and O–H groups in total. The van der Waals surface area contributed by atoms with E-state index in [9.17, 15) is 14.4 Å². The molecule has 7 heteroatoms. The number of benzene rings is 1. The normalized spacial score (nSPS) is 17.2. The van der Waals surface area contributed by atoms with Crippen LogP contribution in [-0.4, -0.2) is 71.9 Å². The molecule has 1 amide bonds. The standard InChI is InChI=1S/C21H30N2O5/c1-16(24)17-6-3-8-19(14-17)28-13-5-9-20(25)23-11-4-7-18(10-12-23)22(2)15-21(26)27/h3,6,8,14,18H,4-5,7,9-13,15H2,1-2H3,(H,26,27). The molecule has 1 aliphatic rings. The molecular formula is C21H30N2O5. The average molecular weight is 390 g/mol. The van der Waals surface area contributed by atoms with Crippen molar-refractivity contribution in [3.63, 3.8) is 0 Å². The highest BCUT2D eigenvalue weighted by molar-refractivity contribution is 5.94. The summed E-state index contributed by atoms with van der Waals surface area (Å²) in [5.41, 5.74) is 0.612. The third kappa shape index (κ3) is 6.96. The molecule has 0 radical (unpaired) electrons. The molecular weight excluding hydrogens is 360 g/mol. The van der Waals surface area contributed by atoms with E-state index in [1.165, 1.54) is 6.92 Å². The molecule has 0 aromatic heterocycles. The van der Waals surface area contributed by atoms with Crippen molar-refractivity contribution in [3.8, 4) is 5.75 Å². The Kier molecular flexibility index (Phi) is 8.44. The first kappa shape index (κ1) is 21.9. The van der Waals surface area contributed by atoms with Gasteiger partial charge in [-0.3, -0.25) is 19.3 Å². The van der Waals surface area contributed by atoms with Crippen LogP contribution in [0.15, 0.2) is 24.3 Å². The number of hydrogen-bond acceptors (Lipinski definition) is 5. The second-order valence-electron chi connectivity index (χ2n) is 7.31. The lowest BCUT2D eigenvalue weighted by Gasteiger charge is -2.25. The van der Waals surface area contributed by atoms with Crippen LogP contribution in [0.3, 0.4) is 0 Å². The minimum absolute atomic E-state index is 0.00547. The fourth-order valence-electron chi connectivity index (χ4n) is 3.49. The van der Waals surface area contributed by atoms with Gasteiger partial charge in [0.1, 0.15) is 5.75 Å². The molecule has 0 spiro atoms. The third-order valence-corrected chi connectivity index (χ3v) is 5.10. The van der Waals surface area contributed by atoms with E-state index in [1.54, 1.807) is 24.3 Å². The molecule has 2 rings (SSSR count). The number of ketones is 1. The molecule has 7 nitrogen and oxygen atoms in total. The molecule has 154 valence electrons. The summed E-state index contributed by atoms with van der Waals surface area (Å²) in [4.78, 5) is 38.5. The predicted molar refractivity (Wildman–Crippen MR) is 106 cm³/mol. The van der Waals surface area contributed by atoms with Crippen molar-refractivity contribution in [1.29, 1.82) is 0 Å².